The van der Waals surface area contributed by atoms with Gasteiger partial charge in [-0.05, 0) is 52.4 Å². The number of fused-ring (bicyclic) bond motifs is 1. The van der Waals surface area contributed by atoms with E-state index in [4.69, 9.17) is 4.74 Å². The zero-order valence-electron chi connectivity index (χ0n) is 11.8. The summed E-state index contributed by atoms with van der Waals surface area (Å²) in [6.45, 7) is 9.09. The molecular formula is C16H26O. The van der Waals surface area contributed by atoms with Gasteiger partial charge in [0.1, 0.15) is 0 Å². The van der Waals surface area contributed by atoms with Gasteiger partial charge in [-0.25, -0.2) is 0 Å². The zero-order chi connectivity index (χ0) is 12.3. The summed E-state index contributed by atoms with van der Waals surface area (Å²) in [5.41, 5.74) is 2.19. The van der Waals surface area contributed by atoms with Gasteiger partial charge in [-0.2, -0.15) is 0 Å². The van der Waals surface area contributed by atoms with Crippen molar-refractivity contribution < 1.29 is 4.74 Å². The molecule has 0 N–H and O–H groups in total. The minimum absolute atomic E-state index is 0.00152. The van der Waals surface area contributed by atoms with Gasteiger partial charge in [0.25, 0.3) is 0 Å². The van der Waals surface area contributed by atoms with Crippen molar-refractivity contribution >= 4 is 0 Å². The molecule has 0 radical (unpaired) electrons. The molecule has 4 atom stereocenters. The van der Waals surface area contributed by atoms with Crippen LogP contribution in [0.25, 0.3) is 0 Å². The Morgan fingerprint density at radius 1 is 1.29 bits per heavy atom. The smallest absolute Gasteiger partial charge is 0.0704 e. The number of rotatable bonds is 1. The number of hydrogen-bond acceptors (Lipinski definition) is 1. The van der Waals surface area contributed by atoms with Crippen LogP contribution in [-0.4, -0.2) is 11.7 Å². The summed E-state index contributed by atoms with van der Waals surface area (Å²) in [6.07, 6.45) is 9.91. The van der Waals surface area contributed by atoms with Crippen LogP contribution in [0.3, 0.4) is 0 Å². The highest BCUT2D eigenvalue weighted by Crippen LogP contribution is 2.61. The molecule has 0 aliphatic heterocycles. The van der Waals surface area contributed by atoms with Crippen LogP contribution in [0, 0.1) is 17.3 Å². The Morgan fingerprint density at radius 3 is 2.76 bits per heavy atom. The van der Waals surface area contributed by atoms with E-state index in [2.05, 4.69) is 33.8 Å². The van der Waals surface area contributed by atoms with Gasteiger partial charge in [0, 0.05) is 11.3 Å². The van der Waals surface area contributed by atoms with Crippen LogP contribution >= 0.6 is 0 Å². The Morgan fingerprint density at radius 2 is 2.06 bits per heavy atom. The van der Waals surface area contributed by atoms with Crippen LogP contribution in [0.4, 0.5) is 0 Å². The quantitative estimate of drug-likeness (QED) is 0.614. The molecule has 17 heavy (non-hydrogen) atoms. The number of hydrogen-bond donors (Lipinski definition) is 0. The Labute approximate surface area is 106 Å². The molecule has 2 fully saturated rings. The molecule has 2 bridgehead atoms. The molecule has 3 aliphatic rings. The summed E-state index contributed by atoms with van der Waals surface area (Å²) in [4.78, 5) is 0. The van der Waals surface area contributed by atoms with Crippen molar-refractivity contribution in [3.63, 3.8) is 0 Å². The van der Waals surface area contributed by atoms with E-state index >= 15 is 0 Å². The molecule has 4 unspecified atom stereocenters. The van der Waals surface area contributed by atoms with E-state index in [0.29, 0.717) is 17.4 Å². The molecule has 0 aromatic rings. The second-order valence-electron chi connectivity index (χ2n) is 7.56. The summed E-state index contributed by atoms with van der Waals surface area (Å²) in [5.74, 6) is 1.54. The number of allylic oxidation sites excluding steroid dienone is 1. The molecule has 1 heteroatoms. The van der Waals surface area contributed by atoms with E-state index in [-0.39, 0.29) is 5.60 Å². The fourth-order valence-corrected chi connectivity index (χ4v) is 4.49. The normalized spacial score (nSPS) is 44.7. The molecule has 3 rings (SSSR count). The molecule has 0 heterocycles. The third-order valence-electron chi connectivity index (χ3n) is 5.13. The van der Waals surface area contributed by atoms with Gasteiger partial charge in [0.05, 0.1) is 11.7 Å². The van der Waals surface area contributed by atoms with E-state index in [1.54, 1.807) is 5.57 Å². The lowest BCUT2D eigenvalue weighted by atomic mass is 9.70. The lowest BCUT2D eigenvalue weighted by Crippen LogP contribution is -2.43. The van der Waals surface area contributed by atoms with E-state index in [9.17, 15) is 0 Å². The van der Waals surface area contributed by atoms with Crippen molar-refractivity contribution in [1.82, 2.24) is 0 Å². The van der Waals surface area contributed by atoms with E-state index in [1.807, 2.05) is 0 Å². The van der Waals surface area contributed by atoms with Gasteiger partial charge >= 0.3 is 0 Å². The maximum absolute atomic E-state index is 6.43. The van der Waals surface area contributed by atoms with Crippen molar-refractivity contribution in [2.75, 3.05) is 0 Å². The lowest BCUT2D eigenvalue weighted by molar-refractivity contribution is -0.121. The predicted octanol–water partition coefficient (Wildman–Crippen LogP) is 4.33. The van der Waals surface area contributed by atoms with Crippen LogP contribution in [0.1, 0.15) is 59.8 Å². The minimum Gasteiger partial charge on any atom is -0.371 e. The highest BCUT2D eigenvalue weighted by atomic mass is 16.5. The molecule has 0 aromatic carbocycles. The molecule has 0 amide bonds. The van der Waals surface area contributed by atoms with Crippen molar-refractivity contribution in [3.8, 4) is 0 Å². The molecule has 0 aromatic heterocycles. The standard InChI is InChI=1S/C16H26O/c1-15(2,3)17-14-12-9-11-7-5-6-8-16(14,4)13(11)10-12/h9,12-14H,5-8,10H2,1-4H3. The first-order valence-electron chi connectivity index (χ1n) is 7.28. The maximum Gasteiger partial charge on any atom is 0.0704 e. The first-order valence-corrected chi connectivity index (χ1v) is 7.28. The summed E-state index contributed by atoms with van der Waals surface area (Å²) in [6, 6.07) is 0. The Hall–Kier alpha value is -0.300. The van der Waals surface area contributed by atoms with Crippen LogP contribution < -0.4 is 0 Å². The molecule has 3 aliphatic carbocycles. The minimum atomic E-state index is -0.00152. The number of ether oxygens (including phenoxy) is 1. The molecular weight excluding hydrogens is 208 g/mol. The van der Waals surface area contributed by atoms with Gasteiger partial charge in [-0.1, -0.05) is 25.0 Å². The molecule has 1 nitrogen and oxygen atoms in total. The van der Waals surface area contributed by atoms with Crippen LogP contribution in [0.5, 0.6) is 0 Å². The summed E-state index contributed by atoms with van der Waals surface area (Å²) in [5, 5.41) is 0. The second-order valence-corrected chi connectivity index (χ2v) is 7.56. The van der Waals surface area contributed by atoms with Crippen molar-refractivity contribution in [1.29, 1.82) is 0 Å². The Bertz CT molecular complexity index is 349. The van der Waals surface area contributed by atoms with Gasteiger partial charge in [-0.15, -0.1) is 0 Å². The average Bonchev–Trinajstić information content (AvgIpc) is 2.69. The zero-order valence-corrected chi connectivity index (χ0v) is 11.8. The van der Waals surface area contributed by atoms with Crippen LogP contribution in [-0.2, 0) is 4.74 Å². The maximum atomic E-state index is 6.43. The molecule has 0 spiro atoms. The third kappa shape index (κ3) is 1.78. The van der Waals surface area contributed by atoms with Crippen molar-refractivity contribution in [2.24, 2.45) is 17.3 Å². The third-order valence-corrected chi connectivity index (χ3v) is 5.13. The largest absolute Gasteiger partial charge is 0.371 e. The summed E-state index contributed by atoms with van der Waals surface area (Å²) < 4.78 is 6.43. The topological polar surface area (TPSA) is 9.23 Å². The molecule has 96 valence electrons. The highest BCUT2D eigenvalue weighted by molar-refractivity contribution is 5.28. The molecule has 2 saturated carbocycles. The second kappa shape index (κ2) is 3.60. The fourth-order valence-electron chi connectivity index (χ4n) is 4.49. The van der Waals surface area contributed by atoms with Crippen LogP contribution in [0.2, 0.25) is 0 Å². The lowest BCUT2D eigenvalue weighted by Gasteiger charge is -2.42. The van der Waals surface area contributed by atoms with Gasteiger partial charge < -0.3 is 4.74 Å². The summed E-state index contributed by atoms with van der Waals surface area (Å²) >= 11 is 0. The summed E-state index contributed by atoms with van der Waals surface area (Å²) in [7, 11) is 0. The fraction of sp³-hybridized carbons (Fsp3) is 0.875. The average molecular weight is 234 g/mol. The Kier molecular flexibility index (Phi) is 2.49. The van der Waals surface area contributed by atoms with Gasteiger partial charge in [-0.3, -0.25) is 0 Å². The van der Waals surface area contributed by atoms with Gasteiger partial charge in [0.2, 0.25) is 0 Å². The van der Waals surface area contributed by atoms with E-state index in [0.717, 1.165) is 5.92 Å². The monoisotopic (exact) mass is 234 g/mol. The van der Waals surface area contributed by atoms with Crippen LogP contribution in [0.15, 0.2) is 11.6 Å². The Balaban J connectivity index is 1.92. The molecule has 0 saturated heterocycles. The predicted molar refractivity (Wildman–Crippen MR) is 70.9 cm³/mol. The van der Waals surface area contributed by atoms with Crippen molar-refractivity contribution in [2.45, 2.75) is 71.5 Å². The van der Waals surface area contributed by atoms with E-state index < -0.39 is 0 Å². The first-order chi connectivity index (χ1) is 7.90. The highest BCUT2D eigenvalue weighted by Gasteiger charge is 2.57. The SMILES string of the molecule is CC(C)(C)OC1C2C=C3CCCCC1(C)C3C2. The van der Waals surface area contributed by atoms with Gasteiger partial charge in [0.15, 0.2) is 0 Å². The van der Waals surface area contributed by atoms with E-state index in [1.165, 1.54) is 32.1 Å². The van der Waals surface area contributed by atoms with Crippen molar-refractivity contribution in [3.05, 3.63) is 11.6 Å². The first kappa shape index (κ1) is 11.8.